The number of hydrogen-bond donors (Lipinski definition) is 6. The van der Waals surface area contributed by atoms with E-state index < -0.39 is 17.3 Å². The second kappa shape index (κ2) is 55.0. The lowest BCUT2D eigenvalue weighted by Crippen LogP contribution is -2.34. The van der Waals surface area contributed by atoms with Crippen LogP contribution < -0.4 is 40.1 Å². The SMILES string of the molecule is BrCC1CCCCC1.CCCNC(=O)OC(C)(C)C.CCOC(C)=O.CCl.Cc1cc(O)cc(O)c1.Cc1cc(O)cc(OCC2CCCCC2)c1.Cc1cc(OCCN)cc(OCC2CCCCC2)c1.Cc1cc(OCCNC(=O)OC(C)(C)C)cc(OCC2CCCCC2)c1.Cl. The van der Waals surface area contributed by atoms with Crippen LogP contribution in [0.2, 0.25) is 0 Å². The van der Waals surface area contributed by atoms with Gasteiger partial charge in [-0.05, 0) is 228 Å². The van der Waals surface area contributed by atoms with Crippen molar-refractivity contribution in [2.45, 2.75) is 236 Å². The van der Waals surface area contributed by atoms with Crippen molar-refractivity contribution in [2.75, 3.05) is 71.0 Å². The van der Waals surface area contributed by atoms with Crippen molar-refractivity contribution in [2.24, 2.45) is 29.4 Å². The molecule has 0 radical (unpaired) electrons. The molecule has 4 fully saturated rings. The van der Waals surface area contributed by atoms with Crippen LogP contribution in [0.5, 0.6) is 46.0 Å². The number of nitrogens with two attached hydrogens (primary N) is 1. The lowest BCUT2D eigenvalue weighted by Gasteiger charge is -2.22. The van der Waals surface area contributed by atoms with E-state index in [-0.39, 0.29) is 36.0 Å². The molecule has 0 heterocycles. The molecule has 2 amide bonds. The maximum Gasteiger partial charge on any atom is 0.407 e. The number of phenolic OH excluding ortho intramolecular Hbond substituents is 3. The molecule has 0 aromatic heterocycles. The van der Waals surface area contributed by atoms with Gasteiger partial charge in [0.15, 0.2) is 0 Å². The van der Waals surface area contributed by atoms with Crippen LogP contribution in [0.15, 0.2) is 72.8 Å². The number of carbonyl (C=O) groups is 3. The summed E-state index contributed by atoms with van der Waals surface area (Å²) in [6, 6.07) is 21.9. The highest BCUT2D eigenvalue weighted by Gasteiger charge is 2.19. The third-order valence-electron chi connectivity index (χ3n) is 15.4. The Labute approximate surface area is 610 Å². The molecule has 4 aromatic carbocycles. The van der Waals surface area contributed by atoms with Gasteiger partial charge in [0.1, 0.15) is 70.4 Å². The number of phenols is 3. The Kier molecular flexibility index (Phi) is 51.9. The number of alkyl halides is 2. The maximum atomic E-state index is 11.6. The number of aryl methyl sites for hydroxylation is 4. The standard InChI is InChI=1S/C21H33NO4.C16H25NO2.C14H20O2.C8H17NO2.C7H13Br.C7H8O2.C4H8O2.CH3Cl.ClH/c1-16-12-18(24-11-10-22-20(23)26-21(2,3)4)14-19(13-16)25-15-17-8-6-5-7-9-17;1-13-9-15(18-8-7-17)11-16(10-13)19-12-14-5-3-2-4-6-14;1-11-7-13(15)9-14(8-11)16-10-12-5-3-2-4-6-12;1-5-6-9-7(10)11-8(2,3)4;8-6-7-4-2-1-3-5-7;1-5-2-6(8)4-7(9)3-5;1-3-6-4(2)5;1-2;/h12-14,17H,5-11,15H2,1-4H3,(H,22,23);9-11,14H,2-8,12,17H2,1H3;7-9,12,15H,2-6,10H2,1H3;5-6H2,1-4H3,(H,9,10);7H,1-6H2;2-4,8-9H,1H3;3H2,1-2H3;1H3;1H. The molecule has 20 heteroatoms. The zero-order valence-electron chi connectivity index (χ0n) is 62.2. The Morgan fingerprint density at radius 1 is 0.469 bits per heavy atom. The Bertz CT molecular complexity index is 2630. The quantitative estimate of drug-likeness (QED) is 0.0209. The third-order valence-corrected chi connectivity index (χ3v) is 16.3. The largest absolute Gasteiger partial charge is 0.508 e. The molecule has 0 bridgehead atoms. The van der Waals surface area contributed by atoms with Crippen LogP contribution in [0, 0.1) is 51.4 Å². The van der Waals surface area contributed by atoms with Crippen molar-refractivity contribution in [3.05, 3.63) is 95.1 Å². The zero-order chi connectivity index (χ0) is 72.4. The van der Waals surface area contributed by atoms with Crippen LogP contribution >= 0.6 is 39.9 Å². The van der Waals surface area contributed by atoms with Crippen molar-refractivity contribution in [1.82, 2.24) is 10.6 Å². The molecule has 7 N–H and O–H groups in total. The van der Waals surface area contributed by atoms with E-state index in [1.807, 2.05) is 98.7 Å². The molecule has 560 valence electrons. The normalized spacial score (nSPS) is 14.6. The first-order valence-electron chi connectivity index (χ1n) is 35.6. The van der Waals surface area contributed by atoms with Gasteiger partial charge in [0.05, 0.1) is 33.0 Å². The molecule has 4 aliphatic rings. The number of rotatable bonds is 20. The number of ether oxygens (including phenoxy) is 8. The number of carbonyl (C=O) groups excluding carboxylic acids is 3. The number of esters is 1. The van der Waals surface area contributed by atoms with Gasteiger partial charge in [0, 0.05) is 56.0 Å². The van der Waals surface area contributed by atoms with Gasteiger partial charge in [-0.3, -0.25) is 4.79 Å². The predicted molar refractivity (Wildman–Crippen MR) is 406 cm³/mol. The molecule has 0 saturated heterocycles. The summed E-state index contributed by atoms with van der Waals surface area (Å²) in [6.45, 7) is 29.5. The summed E-state index contributed by atoms with van der Waals surface area (Å²) in [7, 11) is 0. The first-order valence-corrected chi connectivity index (χ1v) is 37.4. The fourth-order valence-corrected chi connectivity index (χ4v) is 11.6. The van der Waals surface area contributed by atoms with Crippen LogP contribution in [0.25, 0.3) is 0 Å². The van der Waals surface area contributed by atoms with Gasteiger partial charge in [-0.2, -0.15) is 0 Å². The number of nitrogens with one attached hydrogen (secondary N) is 2. The molecule has 0 aliphatic heterocycles. The molecule has 0 unspecified atom stereocenters. The van der Waals surface area contributed by atoms with E-state index in [0.717, 1.165) is 89.1 Å². The van der Waals surface area contributed by atoms with Gasteiger partial charge in [-0.15, -0.1) is 24.0 Å². The molecule has 0 spiro atoms. The summed E-state index contributed by atoms with van der Waals surface area (Å²) in [4.78, 5) is 32.3. The lowest BCUT2D eigenvalue weighted by molar-refractivity contribution is -0.140. The minimum Gasteiger partial charge on any atom is -0.508 e. The monoisotopic (exact) mass is 1480 g/mol. The molecule has 8 rings (SSSR count). The molecule has 17 nitrogen and oxygen atoms in total. The third kappa shape index (κ3) is 50.6. The van der Waals surface area contributed by atoms with E-state index in [9.17, 15) is 19.5 Å². The average molecular weight is 1480 g/mol. The predicted octanol–water partition coefficient (Wildman–Crippen LogP) is 19.9. The number of benzene rings is 4. The topological polar surface area (TPSA) is 236 Å². The number of halogens is 3. The number of aromatic hydroxyl groups is 3. The average Bonchev–Trinajstić information content (AvgIpc) is 0.929. The van der Waals surface area contributed by atoms with E-state index in [1.54, 1.807) is 38.1 Å². The Morgan fingerprint density at radius 2 is 0.776 bits per heavy atom. The fraction of sp³-hybridized carbons (Fsp3) is 0.654. The number of alkyl carbamates (subject to hydrolysis) is 2. The zero-order valence-corrected chi connectivity index (χ0v) is 65.4. The highest BCUT2D eigenvalue weighted by Crippen LogP contribution is 2.31. The Morgan fingerprint density at radius 3 is 1.06 bits per heavy atom. The van der Waals surface area contributed by atoms with E-state index in [1.165, 1.54) is 153 Å². The highest BCUT2D eigenvalue weighted by atomic mass is 79.9. The first kappa shape index (κ1) is 92.3. The van der Waals surface area contributed by atoms with Crippen molar-refractivity contribution in [1.29, 1.82) is 0 Å². The minimum atomic E-state index is -0.494. The van der Waals surface area contributed by atoms with Crippen LogP contribution in [-0.2, 0) is 19.0 Å². The minimum absolute atomic E-state index is 0. The summed E-state index contributed by atoms with van der Waals surface area (Å²) in [5, 5.41) is 33.7. The summed E-state index contributed by atoms with van der Waals surface area (Å²) in [6.07, 6.45) is 28.9. The maximum absolute atomic E-state index is 11.6. The molecule has 4 aliphatic carbocycles. The summed E-state index contributed by atoms with van der Waals surface area (Å²) in [5.41, 5.74) is 8.72. The molecular formula is C78H128BrCl2N3O14. The molecule has 4 saturated carbocycles. The van der Waals surface area contributed by atoms with Crippen molar-refractivity contribution in [3.63, 3.8) is 0 Å². The molecule has 98 heavy (non-hydrogen) atoms. The summed E-state index contributed by atoms with van der Waals surface area (Å²) >= 11 is 8.15. The number of hydrogen-bond acceptors (Lipinski definition) is 15. The van der Waals surface area contributed by atoms with E-state index >= 15 is 0 Å². The smallest absolute Gasteiger partial charge is 0.407 e. The van der Waals surface area contributed by atoms with Crippen LogP contribution in [-0.4, -0.2) is 116 Å². The van der Waals surface area contributed by atoms with Crippen LogP contribution in [0.1, 0.15) is 219 Å². The van der Waals surface area contributed by atoms with Crippen LogP contribution in [0.4, 0.5) is 9.59 Å². The van der Waals surface area contributed by atoms with Gasteiger partial charge >= 0.3 is 18.2 Å². The van der Waals surface area contributed by atoms with E-state index in [2.05, 4.69) is 55.9 Å². The highest BCUT2D eigenvalue weighted by molar-refractivity contribution is 9.09. The van der Waals surface area contributed by atoms with Crippen LogP contribution in [0.3, 0.4) is 0 Å². The van der Waals surface area contributed by atoms with Gasteiger partial charge in [0.2, 0.25) is 0 Å². The first-order chi connectivity index (χ1) is 46.2. The van der Waals surface area contributed by atoms with Gasteiger partial charge in [0.25, 0.3) is 0 Å². The molecular weight excluding hydrogens is 1350 g/mol. The summed E-state index contributed by atoms with van der Waals surface area (Å²) < 4.78 is 43.6. The number of amides is 2. The second-order valence-electron chi connectivity index (χ2n) is 27.4. The lowest BCUT2D eigenvalue weighted by atomic mass is 9.90. The second-order valence-corrected chi connectivity index (χ2v) is 28.0. The fourth-order valence-electron chi connectivity index (χ4n) is 10.9. The summed E-state index contributed by atoms with van der Waals surface area (Å²) in [5.74, 6) is 7.57. The van der Waals surface area contributed by atoms with Crippen molar-refractivity contribution >= 4 is 58.1 Å². The Balaban J connectivity index is 0.00000117. The van der Waals surface area contributed by atoms with Gasteiger partial charge < -0.3 is 69.6 Å². The van der Waals surface area contributed by atoms with Gasteiger partial charge in [-0.25, -0.2) is 9.59 Å². The van der Waals surface area contributed by atoms with E-state index in [0.29, 0.717) is 57.0 Å². The van der Waals surface area contributed by atoms with Crippen molar-refractivity contribution in [3.8, 4) is 46.0 Å². The molecule has 4 aromatic rings. The van der Waals surface area contributed by atoms with Crippen molar-refractivity contribution < 1.29 is 67.6 Å². The van der Waals surface area contributed by atoms with Gasteiger partial charge in [-0.1, -0.05) is 99.9 Å². The molecule has 0 atom stereocenters. The van der Waals surface area contributed by atoms with E-state index in [4.69, 9.17) is 49.1 Å². The Hall–Kier alpha value is -5.69.